The standard InChI is InChI=1S/C14H13ClO3S/c1-10-6-5-8-12(11(10)2)18-13-7-3-4-9-14(13)19(15,16)17/h3-9H,1-2H3. The van der Waals surface area contributed by atoms with Crippen LogP contribution in [0, 0.1) is 13.8 Å². The molecule has 19 heavy (non-hydrogen) atoms. The zero-order chi connectivity index (χ0) is 14.0. The number of halogens is 1. The van der Waals surface area contributed by atoms with Crippen LogP contribution in [0.4, 0.5) is 0 Å². The van der Waals surface area contributed by atoms with Crippen molar-refractivity contribution in [3.63, 3.8) is 0 Å². The monoisotopic (exact) mass is 296 g/mol. The third-order valence-corrected chi connectivity index (χ3v) is 4.25. The van der Waals surface area contributed by atoms with Crippen LogP contribution in [-0.2, 0) is 9.05 Å². The van der Waals surface area contributed by atoms with Gasteiger partial charge in [0.25, 0.3) is 9.05 Å². The van der Waals surface area contributed by atoms with Crippen LogP contribution in [0.25, 0.3) is 0 Å². The van der Waals surface area contributed by atoms with Crippen LogP contribution in [-0.4, -0.2) is 8.42 Å². The Balaban J connectivity index is 2.48. The van der Waals surface area contributed by atoms with E-state index in [1.165, 1.54) is 6.07 Å². The highest BCUT2D eigenvalue weighted by Crippen LogP contribution is 2.32. The van der Waals surface area contributed by atoms with E-state index in [2.05, 4.69) is 0 Å². The Bertz CT molecular complexity index is 708. The fourth-order valence-electron chi connectivity index (χ4n) is 1.69. The molecule has 0 amide bonds. The molecule has 0 unspecified atom stereocenters. The quantitative estimate of drug-likeness (QED) is 0.803. The van der Waals surface area contributed by atoms with Gasteiger partial charge in [0.15, 0.2) is 0 Å². The minimum Gasteiger partial charge on any atom is -0.456 e. The van der Waals surface area contributed by atoms with Gasteiger partial charge in [0.1, 0.15) is 16.4 Å². The summed E-state index contributed by atoms with van der Waals surface area (Å²) in [5, 5.41) is 0. The number of ether oxygens (including phenoxy) is 1. The number of benzene rings is 2. The van der Waals surface area contributed by atoms with Crippen molar-refractivity contribution in [2.75, 3.05) is 0 Å². The maximum atomic E-state index is 11.5. The van der Waals surface area contributed by atoms with Crippen molar-refractivity contribution < 1.29 is 13.2 Å². The molecule has 3 nitrogen and oxygen atoms in total. The SMILES string of the molecule is Cc1cccc(Oc2ccccc2S(=O)(=O)Cl)c1C. The van der Waals surface area contributed by atoms with Gasteiger partial charge in [0, 0.05) is 10.7 Å². The Morgan fingerprint density at radius 2 is 1.58 bits per heavy atom. The van der Waals surface area contributed by atoms with Gasteiger partial charge in [-0.05, 0) is 43.2 Å². The van der Waals surface area contributed by atoms with Gasteiger partial charge in [0.2, 0.25) is 0 Å². The maximum absolute atomic E-state index is 11.5. The van der Waals surface area contributed by atoms with Gasteiger partial charge in [-0.25, -0.2) is 8.42 Å². The molecule has 0 fully saturated rings. The molecule has 0 bridgehead atoms. The molecule has 0 atom stereocenters. The molecular weight excluding hydrogens is 284 g/mol. The van der Waals surface area contributed by atoms with Crippen molar-refractivity contribution >= 4 is 19.7 Å². The summed E-state index contributed by atoms with van der Waals surface area (Å²) in [6.07, 6.45) is 0. The summed E-state index contributed by atoms with van der Waals surface area (Å²) in [5.74, 6) is 0.846. The molecule has 0 aromatic heterocycles. The molecule has 0 N–H and O–H groups in total. The predicted molar refractivity (Wildman–Crippen MR) is 75.5 cm³/mol. The largest absolute Gasteiger partial charge is 0.456 e. The molecule has 0 saturated carbocycles. The van der Waals surface area contributed by atoms with Crippen LogP contribution in [0.15, 0.2) is 47.4 Å². The van der Waals surface area contributed by atoms with E-state index in [0.717, 1.165) is 11.1 Å². The van der Waals surface area contributed by atoms with Gasteiger partial charge in [-0.3, -0.25) is 0 Å². The molecule has 0 aliphatic carbocycles. The maximum Gasteiger partial charge on any atom is 0.265 e. The van der Waals surface area contributed by atoms with Crippen molar-refractivity contribution in [3.05, 3.63) is 53.6 Å². The molecule has 0 radical (unpaired) electrons. The number of rotatable bonds is 3. The van der Waals surface area contributed by atoms with Crippen LogP contribution < -0.4 is 4.74 Å². The highest BCUT2D eigenvalue weighted by Gasteiger charge is 2.17. The Morgan fingerprint density at radius 1 is 0.947 bits per heavy atom. The first kappa shape index (κ1) is 13.9. The molecular formula is C14H13ClO3S. The van der Waals surface area contributed by atoms with E-state index in [9.17, 15) is 8.42 Å². The van der Waals surface area contributed by atoms with Crippen LogP contribution in [0.5, 0.6) is 11.5 Å². The lowest BCUT2D eigenvalue weighted by Gasteiger charge is -2.12. The van der Waals surface area contributed by atoms with Gasteiger partial charge in [0.05, 0.1) is 0 Å². The minimum atomic E-state index is -3.83. The topological polar surface area (TPSA) is 43.4 Å². The van der Waals surface area contributed by atoms with E-state index in [-0.39, 0.29) is 10.6 Å². The lowest BCUT2D eigenvalue weighted by molar-refractivity contribution is 0.464. The lowest BCUT2D eigenvalue weighted by Crippen LogP contribution is -1.97. The van der Waals surface area contributed by atoms with E-state index < -0.39 is 9.05 Å². The molecule has 2 aromatic carbocycles. The van der Waals surface area contributed by atoms with Gasteiger partial charge in [-0.15, -0.1) is 0 Å². The second-order valence-corrected chi connectivity index (χ2v) is 6.72. The summed E-state index contributed by atoms with van der Waals surface area (Å²) >= 11 is 0. The van der Waals surface area contributed by atoms with E-state index >= 15 is 0 Å². The van der Waals surface area contributed by atoms with Crippen molar-refractivity contribution in [1.82, 2.24) is 0 Å². The number of aryl methyl sites for hydroxylation is 1. The van der Waals surface area contributed by atoms with Crippen LogP contribution >= 0.6 is 10.7 Å². The average molecular weight is 297 g/mol. The predicted octanol–water partition coefficient (Wildman–Crippen LogP) is 4.02. The van der Waals surface area contributed by atoms with Crippen molar-refractivity contribution in [2.45, 2.75) is 18.7 Å². The van der Waals surface area contributed by atoms with Crippen LogP contribution in [0.1, 0.15) is 11.1 Å². The number of para-hydroxylation sites is 1. The number of hydrogen-bond donors (Lipinski definition) is 0. The molecule has 2 aromatic rings. The summed E-state index contributed by atoms with van der Waals surface area (Å²) in [6, 6.07) is 11.9. The third-order valence-electron chi connectivity index (χ3n) is 2.89. The molecule has 100 valence electrons. The zero-order valence-electron chi connectivity index (χ0n) is 10.6. The highest BCUT2D eigenvalue weighted by atomic mass is 35.7. The highest BCUT2D eigenvalue weighted by molar-refractivity contribution is 8.13. The first-order valence-electron chi connectivity index (χ1n) is 5.67. The Labute approximate surface area is 117 Å². The number of hydrogen-bond acceptors (Lipinski definition) is 3. The van der Waals surface area contributed by atoms with E-state index in [1.54, 1.807) is 24.3 Å². The normalized spacial score (nSPS) is 11.3. The second-order valence-electron chi connectivity index (χ2n) is 4.18. The summed E-state index contributed by atoms with van der Waals surface area (Å²) in [5.41, 5.74) is 2.04. The van der Waals surface area contributed by atoms with Gasteiger partial charge >= 0.3 is 0 Å². The lowest BCUT2D eigenvalue weighted by atomic mass is 10.1. The Kier molecular flexibility index (Phi) is 3.83. The molecule has 2 rings (SSSR count). The molecule has 0 saturated heterocycles. The van der Waals surface area contributed by atoms with Gasteiger partial charge in [-0.1, -0.05) is 24.3 Å². The molecule has 0 heterocycles. The molecule has 0 spiro atoms. The smallest absolute Gasteiger partial charge is 0.265 e. The fraction of sp³-hybridized carbons (Fsp3) is 0.143. The Morgan fingerprint density at radius 3 is 2.26 bits per heavy atom. The first-order valence-corrected chi connectivity index (χ1v) is 7.98. The van der Waals surface area contributed by atoms with Crippen molar-refractivity contribution in [3.8, 4) is 11.5 Å². The first-order chi connectivity index (χ1) is 8.89. The molecule has 0 aliphatic rings. The average Bonchev–Trinajstić information content (AvgIpc) is 2.34. The van der Waals surface area contributed by atoms with Crippen LogP contribution in [0.3, 0.4) is 0 Å². The second kappa shape index (κ2) is 5.23. The van der Waals surface area contributed by atoms with Crippen molar-refractivity contribution in [2.24, 2.45) is 0 Å². The summed E-state index contributed by atoms with van der Waals surface area (Å²) in [6.45, 7) is 3.88. The van der Waals surface area contributed by atoms with E-state index in [0.29, 0.717) is 5.75 Å². The van der Waals surface area contributed by atoms with Crippen LogP contribution in [0.2, 0.25) is 0 Å². The minimum absolute atomic E-state index is 0.0300. The van der Waals surface area contributed by atoms with Crippen molar-refractivity contribution in [1.29, 1.82) is 0 Å². The summed E-state index contributed by atoms with van der Waals surface area (Å²) in [4.78, 5) is -0.0300. The van der Waals surface area contributed by atoms with E-state index in [1.807, 2.05) is 26.0 Å². The van der Waals surface area contributed by atoms with Gasteiger partial charge < -0.3 is 4.74 Å². The third kappa shape index (κ3) is 3.08. The van der Waals surface area contributed by atoms with E-state index in [4.69, 9.17) is 15.4 Å². The summed E-state index contributed by atoms with van der Waals surface area (Å²) < 4.78 is 28.6. The molecule has 5 heteroatoms. The Hall–Kier alpha value is -1.52. The zero-order valence-corrected chi connectivity index (χ0v) is 12.1. The van der Waals surface area contributed by atoms with Gasteiger partial charge in [-0.2, -0.15) is 0 Å². The fourth-order valence-corrected chi connectivity index (χ4v) is 2.66. The summed E-state index contributed by atoms with van der Waals surface area (Å²) in [7, 11) is 1.56. The molecule has 0 aliphatic heterocycles.